The van der Waals surface area contributed by atoms with Gasteiger partial charge in [-0.25, -0.2) is 0 Å². The summed E-state index contributed by atoms with van der Waals surface area (Å²) >= 11 is 0. The number of hydrogen-bond acceptors (Lipinski definition) is 6. The molecule has 0 aliphatic carbocycles. The van der Waals surface area contributed by atoms with Crippen LogP contribution in [0.5, 0.6) is 0 Å². The maximum Gasteiger partial charge on any atom is 0.273 e. The zero-order valence-electron chi connectivity index (χ0n) is 16.2. The van der Waals surface area contributed by atoms with Crippen LogP contribution in [-0.2, 0) is 0 Å². The molecule has 9 heteroatoms. The monoisotopic (exact) mass is 407 g/mol. The molecule has 0 unspecified atom stereocenters. The second-order valence-electron chi connectivity index (χ2n) is 6.24. The van der Waals surface area contributed by atoms with Crippen LogP contribution in [-0.4, -0.2) is 29.9 Å². The van der Waals surface area contributed by atoms with Gasteiger partial charge in [0.15, 0.2) is 11.4 Å². The summed E-state index contributed by atoms with van der Waals surface area (Å²) in [6, 6.07) is 8.57. The average Bonchev–Trinajstić information content (AvgIpc) is 3.11. The molecule has 0 aliphatic heterocycles. The number of hydrogen-bond donors (Lipinski definition) is 2. The quantitative estimate of drug-likeness (QED) is 0.296. The van der Waals surface area contributed by atoms with Crippen LogP contribution >= 0.6 is 0 Å². The van der Waals surface area contributed by atoms with Crippen molar-refractivity contribution in [1.29, 1.82) is 0 Å². The minimum absolute atomic E-state index is 0. The van der Waals surface area contributed by atoms with E-state index in [1.54, 1.807) is 30.3 Å². The number of amides is 1. The van der Waals surface area contributed by atoms with Gasteiger partial charge in [0.1, 0.15) is 13.1 Å². The van der Waals surface area contributed by atoms with Crippen molar-refractivity contribution in [3.63, 3.8) is 0 Å². The zero-order valence-corrected chi connectivity index (χ0v) is 16.9. The summed E-state index contributed by atoms with van der Waals surface area (Å²) in [5.41, 5.74) is 5.55. The summed E-state index contributed by atoms with van der Waals surface area (Å²) in [5, 5.41) is 13.0. The minimum atomic E-state index is -0.816. The highest BCUT2D eigenvalue weighted by Crippen LogP contribution is 2.26. The summed E-state index contributed by atoms with van der Waals surface area (Å²) in [6.45, 7) is 5.85. The van der Waals surface area contributed by atoms with Crippen LogP contribution in [0.3, 0.4) is 0 Å². The maximum atomic E-state index is 12.7. The largest absolute Gasteiger partial charge is 1.00 e. The smallest absolute Gasteiger partial charge is 0.273 e. The van der Waals surface area contributed by atoms with Gasteiger partial charge in [-0.3, -0.25) is 9.59 Å². The molecule has 28 heavy (non-hydrogen) atoms. The molecule has 0 saturated heterocycles. The molecular formula is C19H26ClN5O3. The molecule has 0 saturated carbocycles. The number of benzene rings is 1. The molecule has 2 rings (SSSR count). The van der Waals surface area contributed by atoms with E-state index in [4.69, 9.17) is 10.3 Å². The maximum absolute atomic E-state index is 12.7. The van der Waals surface area contributed by atoms with Gasteiger partial charge in [-0.2, -0.15) is 5.01 Å². The lowest BCUT2D eigenvalue weighted by atomic mass is 10.1. The molecule has 0 bridgehead atoms. The standard InChI is InChI=1S/C19H25N5O3.ClH/c1-3-5-12-24(13-6-4-2)23-21-15-16(19(20)26)22-27-18(15)17(25)14-10-8-7-9-11-14;/h7-11H,3-6,12-13H2,1-2H3,(H2,20,26);1H. The molecular weight excluding hydrogens is 382 g/mol. The van der Waals surface area contributed by atoms with E-state index in [0.29, 0.717) is 5.56 Å². The van der Waals surface area contributed by atoms with E-state index in [0.717, 1.165) is 43.8 Å². The fourth-order valence-corrected chi connectivity index (χ4v) is 2.52. The number of nitrogens with two attached hydrogens (primary N) is 1. The Labute approximate surface area is 170 Å². The van der Waals surface area contributed by atoms with Crippen molar-refractivity contribution in [2.24, 2.45) is 16.1 Å². The SMILES string of the molecule is CCCC[NH+](CCCC)N=Nc1c(C(N)=O)noc1C(=O)c1ccccc1.[Cl-]. The summed E-state index contributed by atoms with van der Waals surface area (Å²) in [5.74, 6) is -1.37. The van der Waals surface area contributed by atoms with Crippen molar-refractivity contribution < 1.29 is 31.5 Å². The van der Waals surface area contributed by atoms with Gasteiger partial charge in [0.25, 0.3) is 5.91 Å². The van der Waals surface area contributed by atoms with Gasteiger partial charge in [-0.1, -0.05) is 67.3 Å². The van der Waals surface area contributed by atoms with Crippen LogP contribution in [0.25, 0.3) is 0 Å². The highest BCUT2D eigenvalue weighted by molar-refractivity contribution is 6.12. The van der Waals surface area contributed by atoms with Gasteiger partial charge in [0.2, 0.25) is 11.5 Å². The minimum Gasteiger partial charge on any atom is -1.00 e. The second-order valence-corrected chi connectivity index (χ2v) is 6.24. The van der Waals surface area contributed by atoms with E-state index in [1.165, 1.54) is 0 Å². The highest BCUT2D eigenvalue weighted by Gasteiger charge is 2.27. The fraction of sp³-hybridized carbons (Fsp3) is 0.421. The van der Waals surface area contributed by atoms with Gasteiger partial charge in [-0.15, -0.1) is 0 Å². The van der Waals surface area contributed by atoms with Gasteiger partial charge >= 0.3 is 0 Å². The summed E-state index contributed by atoms with van der Waals surface area (Å²) < 4.78 is 5.10. The normalized spacial score (nSPS) is 11.0. The second kappa shape index (κ2) is 12.0. The Morgan fingerprint density at radius 2 is 1.71 bits per heavy atom. The number of rotatable bonds is 11. The number of ketones is 1. The Morgan fingerprint density at radius 1 is 1.11 bits per heavy atom. The fourth-order valence-electron chi connectivity index (χ4n) is 2.52. The Bertz CT molecular complexity index is 784. The van der Waals surface area contributed by atoms with Crippen LogP contribution in [0.1, 0.15) is 66.1 Å². The molecule has 1 heterocycles. The molecule has 3 N–H and O–H groups in total. The van der Waals surface area contributed by atoms with Gasteiger partial charge in [-0.05, 0) is 12.8 Å². The predicted molar refractivity (Wildman–Crippen MR) is 99.9 cm³/mol. The van der Waals surface area contributed by atoms with Crippen molar-refractivity contribution in [3.05, 3.63) is 47.3 Å². The van der Waals surface area contributed by atoms with E-state index in [2.05, 4.69) is 29.3 Å². The Morgan fingerprint density at radius 3 is 2.25 bits per heavy atom. The van der Waals surface area contributed by atoms with Crippen LogP contribution in [0.2, 0.25) is 0 Å². The van der Waals surface area contributed by atoms with Gasteiger partial charge in [0.05, 0.1) is 0 Å². The van der Waals surface area contributed by atoms with Crippen molar-refractivity contribution in [2.45, 2.75) is 39.5 Å². The third kappa shape index (κ3) is 6.24. The molecule has 152 valence electrons. The first-order chi connectivity index (χ1) is 13.1. The van der Waals surface area contributed by atoms with Crippen molar-refractivity contribution in [1.82, 2.24) is 5.16 Å². The molecule has 2 aromatic rings. The number of nitrogens with zero attached hydrogens (tertiary/aromatic N) is 3. The average molecular weight is 408 g/mol. The highest BCUT2D eigenvalue weighted by atomic mass is 35.5. The number of halogens is 1. The lowest BCUT2D eigenvalue weighted by Gasteiger charge is -2.10. The van der Waals surface area contributed by atoms with E-state index >= 15 is 0 Å². The van der Waals surface area contributed by atoms with Crippen LogP contribution < -0.4 is 23.1 Å². The van der Waals surface area contributed by atoms with Crippen LogP contribution in [0.4, 0.5) is 5.69 Å². The van der Waals surface area contributed by atoms with E-state index < -0.39 is 11.7 Å². The van der Waals surface area contributed by atoms with Crippen molar-refractivity contribution >= 4 is 17.4 Å². The lowest BCUT2D eigenvalue weighted by Crippen LogP contribution is -3.07. The molecule has 1 amide bonds. The first-order valence-electron chi connectivity index (χ1n) is 9.24. The molecule has 1 aromatic heterocycles. The van der Waals surface area contributed by atoms with E-state index in [9.17, 15) is 9.59 Å². The van der Waals surface area contributed by atoms with Gasteiger partial charge in [0, 0.05) is 10.8 Å². The first kappa shape index (κ1) is 23.5. The lowest BCUT2D eigenvalue weighted by molar-refractivity contribution is -0.912. The Hall–Kier alpha value is -2.58. The molecule has 1 aromatic carbocycles. The van der Waals surface area contributed by atoms with Crippen LogP contribution in [0.15, 0.2) is 45.2 Å². The number of nitrogens with one attached hydrogen (secondary N) is 1. The first-order valence-corrected chi connectivity index (χ1v) is 9.24. The molecule has 0 fully saturated rings. The molecule has 0 atom stereocenters. The summed E-state index contributed by atoms with van der Waals surface area (Å²) in [7, 11) is 0. The van der Waals surface area contributed by atoms with Gasteiger partial charge < -0.3 is 22.7 Å². The number of carbonyl (C=O) groups excluding carboxylic acids is 2. The zero-order chi connectivity index (χ0) is 19.6. The van der Waals surface area contributed by atoms with E-state index in [1.807, 2.05) is 0 Å². The van der Waals surface area contributed by atoms with Crippen LogP contribution in [0, 0.1) is 0 Å². The number of carbonyl (C=O) groups is 2. The molecule has 0 aliphatic rings. The van der Waals surface area contributed by atoms with Crippen molar-refractivity contribution in [2.75, 3.05) is 13.1 Å². The number of unbranched alkanes of at least 4 members (excludes halogenated alkanes) is 2. The summed E-state index contributed by atoms with van der Waals surface area (Å²) in [4.78, 5) is 24.4. The third-order valence-electron chi connectivity index (χ3n) is 4.07. The third-order valence-corrected chi connectivity index (χ3v) is 4.07. The molecule has 0 spiro atoms. The topological polar surface area (TPSA) is 115 Å². The van der Waals surface area contributed by atoms with E-state index in [-0.39, 0.29) is 29.5 Å². The Kier molecular flexibility index (Phi) is 10.0. The number of aromatic nitrogens is 1. The number of quaternary nitrogens is 1. The predicted octanol–water partition coefficient (Wildman–Crippen LogP) is -0.508. The number of primary amides is 1. The Balaban J connectivity index is 0.00000392. The summed E-state index contributed by atoms with van der Waals surface area (Å²) in [6.07, 6.45) is 4.09. The molecule has 0 radical (unpaired) electrons. The van der Waals surface area contributed by atoms with Crippen molar-refractivity contribution in [3.8, 4) is 0 Å². The molecule has 8 nitrogen and oxygen atoms in total.